The van der Waals surface area contributed by atoms with Crippen LogP contribution in [0.4, 0.5) is 0 Å². The molecule has 1 aliphatic carbocycles. The van der Waals surface area contributed by atoms with Crippen molar-refractivity contribution in [2.45, 2.75) is 57.4 Å². The van der Waals surface area contributed by atoms with Crippen LogP contribution in [0, 0.1) is 12.8 Å². The summed E-state index contributed by atoms with van der Waals surface area (Å²) in [5.74, 6) is 1.73. The molecule has 0 radical (unpaired) electrons. The first-order valence-corrected chi connectivity index (χ1v) is 7.63. The van der Waals surface area contributed by atoms with Crippen molar-refractivity contribution in [3.63, 3.8) is 0 Å². The highest BCUT2D eigenvalue weighted by molar-refractivity contribution is 5.25. The molecule has 3 unspecified atom stereocenters. The van der Waals surface area contributed by atoms with Crippen LogP contribution in [-0.2, 0) is 0 Å². The minimum absolute atomic E-state index is 0.806. The molecule has 0 bridgehead atoms. The third-order valence-electron chi connectivity index (χ3n) is 4.93. The highest BCUT2D eigenvalue weighted by Gasteiger charge is 2.30. The van der Waals surface area contributed by atoms with Gasteiger partial charge in [-0.25, -0.2) is 0 Å². The lowest BCUT2D eigenvalue weighted by molar-refractivity contribution is 0.261. The Kier molecular flexibility index (Phi) is 3.69. The molecule has 3 atom stereocenters. The lowest BCUT2D eigenvalue weighted by Crippen LogP contribution is -2.40. The number of piperidine rings is 1. The second kappa shape index (κ2) is 5.44. The van der Waals surface area contributed by atoms with E-state index in [4.69, 9.17) is 0 Å². The van der Waals surface area contributed by atoms with Crippen LogP contribution < -0.4 is 5.32 Å². The van der Waals surface area contributed by atoms with E-state index in [1.54, 1.807) is 5.56 Å². The van der Waals surface area contributed by atoms with Crippen LogP contribution >= 0.6 is 0 Å². The molecule has 1 aromatic carbocycles. The molecule has 1 aliphatic heterocycles. The predicted molar refractivity (Wildman–Crippen MR) is 76.9 cm³/mol. The van der Waals surface area contributed by atoms with Gasteiger partial charge in [0.1, 0.15) is 0 Å². The van der Waals surface area contributed by atoms with E-state index in [2.05, 4.69) is 36.5 Å². The van der Waals surface area contributed by atoms with Gasteiger partial charge >= 0.3 is 0 Å². The molecule has 1 heterocycles. The topological polar surface area (TPSA) is 12.0 Å². The van der Waals surface area contributed by atoms with Crippen LogP contribution in [-0.4, -0.2) is 12.6 Å². The molecular formula is C17H25N. The molecule has 1 nitrogen and oxygen atoms in total. The maximum atomic E-state index is 3.74. The molecule has 3 rings (SSSR count). The summed E-state index contributed by atoms with van der Waals surface area (Å²) < 4.78 is 0. The molecular weight excluding hydrogens is 218 g/mol. The Morgan fingerprint density at radius 2 is 1.83 bits per heavy atom. The fraction of sp³-hybridized carbons (Fsp3) is 0.647. The van der Waals surface area contributed by atoms with Gasteiger partial charge in [0.2, 0.25) is 0 Å². The van der Waals surface area contributed by atoms with Crippen molar-refractivity contribution in [2.24, 2.45) is 5.92 Å². The second-order valence-electron chi connectivity index (χ2n) is 6.24. The fourth-order valence-electron chi connectivity index (χ4n) is 3.85. The van der Waals surface area contributed by atoms with E-state index in [1.807, 2.05) is 0 Å². The number of benzene rings is 1. The Morgan fingerprint density at radius 3 is 2.67 bits per heavy atom. The standard InChI is InChI=1S/C17H25N/c1-13-7-9-14(10-8-13)15-4-2-6-17-16(12-15)5-3-11-18-17/h7-10,15-18H,2-6,11-12H2,1H3. The van der Waals surface area contributed by atoms with Crippen LogP contribution in [0.15, 0.2) is 24.3 Å². The van der Waals surface area contributed by atoms with Gasteiger partial charge in [0.25, 0.3) is 0 Å². The molecule has 2 aliphatic rings. The van der Waals surface area contributed by atoms with Gasteiger partial charge < -0.3 is 5.32 Å². The van der Waals surface area contributed by atoms with Gasteiger partial charge in [-0.15, -0.1) is 0 Å². The Labute approximate surface area is 111 Å². The normalized spacial score (nSPS) is 32.6. The summed E-state index contributed by atoms with van der Waals surface area (Å²) in [7, 11) is 0. The summed E-state index contributed by atoms with van der Waals surface area (Å²) in [5.41, 5.74) is 2.96. The molecule has 98 valence electrons. The number of hydrogen-bond donors (Lipinski definition) is 1. The van der Waals surface area contributed by atoms with Gasteiger partial charge in [-0.2, -0.15) is 0 Å². The lowest BCUT2D eigenvalue weighted by atomic mass is 9.82. The molecule has 0 spiro atoms. The summed E-state index contributed by atoms with van der Waals surface area (Å²) in [5, 5.41) is 3.74. The monoisotopic (exact) mass is 243 g/mol. The van der Waals surface area contributed by atoms with E-state index in [0.717, 1.165) is 17.9 Å². The van der Waals surface area contributed by atoms with E-state index in [9.17, 15) is 0 Å². The number of nitrogens with one attached hydrogen (secondary N) is 1. The van der Waals surface area contributed by atoms with E-state index < -0.39 is 0 Å². The van der Waals surface area contributed by atoms with Gasteiger partial charge in [-0.1, -0.05) is 36.2 Å². The molecule has 1 saturated heterocycles. The van der Waals surface area contributed by atoms with Crippen LogP contribution in [0.1, 0.15) is 55.6 Å². The molecule has 0 amide bonds. The first-order valence-electron chi connectivity index (χ1n) is 7.63. The fourth-order valence-corrected chi connectivity index (χ4v) is 3.85. The first-order chi connectivity index (χ1) is 8.83. The van der Waals surface area contributed by atoms with Crippen LogP contribution in [0.25, 0.3) is 0 Å². The Balaban J connectivity index is 1.74. The van der Waals surface area contributed by atoms with Crippen molar-refractivity contribution in [1.82, 2.24) is 5.32 Å². The summed E-state index contributed by atoms with van der Waals surface area (Å²) in [4.78, 5) is 0. The van der Waals surface area contributed by atoms with Gasteiger partial charge in [0.05, 0.1) is 0 Å². The first kappa shape index (κ1) is 12.2. The average molecular weight is 243 g/mol. The highest BCUT2D eigenvalue weighted by atomic mass is 14.9. The van der Waals surface area contributed by atoms with E-state index >= 15 is 0 Å². The highest BCUT2D eigenvalue weighted by Crippen LogP contribution is 2.38. The summed E-state index contributed by atoms with van der Waals surface area (Å²) >= 11 is 0. The van der Waals surface area contributed by atoms with Gasteiger partial charge in [0.15, 0.2) is 0 Å². The summed E-state index contributed by atoms with van der Waals surface area (Å²) in [6.07, 6.45) is 8.40. The maximum Gasteiger partial charge on any atom is 0.00955 e. The molecule has 1 aromatic rings. The minimum Gasteiger partial charge on any atom is -0.314 e. The van der Waals surface area contributed by atoms with Crippen LogP contribution in [0.2, 0.25) is 0 Å². The number of rotatable bonds is 1. The van der Waals surface area contributed by atoms with Crippen molar-refractivity contribution in [1.29, 1.82) is 0 Å². The molecule has 1 heteroatoms. The van der Waals surface area contributed by atoms with E-state index in [1.165, 1.54) is 50.6 Å². The van der Waals surface area contributed by atoms with E-state index in [-0.39, 0.29) is 0 Å². The molecule has 1 saturated carbocycles. The smallest absolute Gasteiger partial charge is 0.00955 e. The summed E-state index contributed by atoms with van der Waals surface area (Å²) in [6, 6.07) is 10.1. The number of fused-ring (bicyclic) bond motifs is 1. The van der Waals surface area contributed by atoms with E-state index in [0.29, 0.717) is 0 Å². The molecule has 1 N–H and O–H groups in total. The Bertz CT molecular complexity index is 381. The lowest BCUT2D eigenvalue weighted by Gasteiger charge is -2.32. The average Bonchev–Trinajstić information content (AvgIpc) is 2.61. The second-order valence-corrected chi connectivity index (χ2v) is 6.24. The van der Waals surface area contributed by atoms with Crippen LogP contribution in [0.3, 0.4) is 0 Å². The SMILES string of the molecule is Cc1ccc(C2CCCC3NCCCC3C2)cc1. The minimum atomic E-state index is 0.806. The third kappa shape index (κ3) is 2.61. The molecule has 18 heavy (non-hydrogen) atoms. The zero-order valence-electron chi connectivity index (χ0n) is 11.5. The van der Waals surface area contributed by atoms with Gasteiger partial charge in [0, 0.05) is 6.04 Å². The molecule has 2 fully saturated rings. The Hall–Kier alpha value is -0.820. The number of hydrogen-bond acceptors (Lipinski definition) is 1. The van der Waals surface area contributed by atoms with Crippen molar-refractivity contribution in [2.75, 3.05) is 6.54 Å². The number of aryl methyl sites for hydroxylation is 1. The third-order valence-corrected chi connectivity index (χ3v) is 4.93. The van der Waals surface area contributed by atoms with Gasteiger partial charge in [-0.3, -0.25) is 0 Å². The maximum absolute atomic E-state index is 3.74. The van der Waals surface area contributed by atoms with Crippen LogP contribution in [0.5, 0.6) is 0 Å². The Morgan fingerprint density at radius 1 is 1.00 bits per heavy atom. The van der Waals surface area contributed by atoms with Crippen molar-refractivity contribution < 1.29 is 0 Å². The largest absolute Gasteiger partial charge is 0.314 e. The van der Waals surface area contributed by atoms with Crippen molar-refractivity contribution in [3.05, 3.63) is 35.4 Å². The zero-order valence-corrected chi connectivity index (χ0v) is 11.5. The quantitative estimate of drug-likeness (QED) is 0.785. The summed E-state index contributed by atoms with van der Waals surface area (Å²) in [6.45, 7) is 3.42. The van der Waals surface area contributed by atoms with Crippen molar-refractivity contribution >= 4 is 0 Å². The predicted octanol–water partition coefficient (Wildman–Crippen LogP) is 4.02. The molecule has 0 aromatic heterocycles. The zero-order chi connectivity index (χ0) is 12.4. The van der Waals surface area contributed by atoms with Crippen molar-refractivity contribution in [3.8, 4) is 0 Å². The van der Waals surface area contributed by atoms with Gasteiger partial charge in [-0.05, 0) is 63.0 Å².